The quantitative estimate of drug-likeness (QED) is 0.374. The molecule has 0 N–H and O–H groups in total. The highest BCUT2D eigenvalue weighted by Crippen LogP contribution is 2.67. The predicted molar refractivity (Wildman–Crippen MR) is 128 cm³/mol. The van der Waals surface area contributed by atoms with Crippen molar-refractivity contribution in [2.24, 2.45) is 46.3 Å². The molecule has 0 aromatic heterocycles. The first-order valence-corrected chi connectivity index (χ1v) is 13.5. The molecule has 0 amide bonds. The first-order valence-electron chi connectivity index (χ1n) is 13.5. The molecular formula is C29H47O2. The lowest BCUT2D eigenvalue weighted by Crippen LogP contribution is -2.51. The van der Waals surface area contributed by atoms with E-state index in [1.165, 1.54) is 57.8 Å². The number of allylic oxidation sites excluding steroid dienone is 1. The number of carbonyl (C=O) groups excluding carboxylic acids is 1. The molecule has 0 unspecified atom stereocenters. The monoisotopic (exact) mass is 427 g/mol. The summed E-state index contributed by atoms with van der Waals surface area (Å²) < 4.78 is 5.77. The third-order valence-corrected chi connectivity index (χ3v) is 10.6. The van der Waals surface area contributed by atoms with Crippen molar-refractivity contribution in [3.05, 3.63) is 11.6 Å². The Labute approximate surface area is 192 Å². The lowest BCUT2D eigenvalue weighted by Gasteiger charge is -2.58. The molecular weight excluding hydrogens is 380 g/mol. The topological polar surface area (TPSA) is 26.3 Å². The third kappa shape index (κ3) is 4.32. The highest BCUT2D eigenvalue weighted by molar-refractivity contribution is 5.51. The van der Waals surface area contributed by atoms with E-state index in [9.17, 15) is 4.79 Å². The van der Waals surface area contributed by atoms with E-state index in [0.717, 1.165) is 48.3 Å². The van der Waals surface area contributed by atoms with Crippen LogP contribution >= 0.6 is 0 Å². The zero-order chi connectivity index (χ0) is 22.2. The van der Waals surface area contributed by atoms with Gasteiger partial charge in [-0.05, 0) is 97.7 Å². The Morgan fingerprint density at radius 3 is 2.61 bits per heavy atom. The number of ether oxygens (including phenoxy) is 1. The Bertz CT molecular complexity index is 666. The minimum Gasteiger partial charge on any atom is -0.370 e. The van der Waals surface area contributed by atoms with Gasteiger partial charge in [-0.3, -0.25) is 4.79 Å². The lowest BCUT2D eigenvalue weighted by molar-refractivity contribution is -0.0616. The fourth-order valence-electron chi connectivity index (χ4n) is 8.95. The van der Waals surface area contributed by atoms with Crippen molar-refractivity contribution < 1.29 is 9.53 Å². The summed E-state index contributed by atoms with van der Waals surface area (Å²) in [6, 6.07) is 0. The summed E-state index contributed by atoms with van der Waals surface area (Å²) in [6.07, 6.45) is 19.5. The molecule has 4 rings (SSSR count). The van der Waals surface area contributed by atoms with Crippen LogP contribution < -0.4 is 0 Å². The fraction of sp³-hybridized carbons (Fsp3) is 0.897. The molecule has 0 bridgehead atoms. The van der Waals surface area contributed by atoms with E-state index in [1.54, 1.807) is 5.57 Å². The molecule has 0 heterocycles. The van der Waals surface area contributed by atoms with Gasteiger partial charge in [-0.1, -0.05) is 65.5 Å². The van der Waals surface area contributed by atoms with Crippen molar-refractivity contribution in [2.45, 2.75) is 111 Å². The number of hydrogen-bond donors (Lipinski definition) is 0. The Morgan fingerprint density at radius 1 is 1.06 bits per heavy atom. The first-order chi connectivity index (χ1) is 14.8. The zero-order valence-corrected chi connectivity index (χ0v) is 20.9. The molecule has 175 valence electrons. The van der Waals surface area contributed by atoms with Crippen molar-refractivity contribution in [1.82, 2.24) is 0 Å². The van der Waals surface area contributed by atoms with Crippen LogP contribution in [0, 0.1) is 46.3 Å². The summed E-state index contributed by atoms with van der Waals surface area (Å²) in [7, 11) is 0. The van der Waals surface area contributed by atoms with Crippen LogP contribution in [0.15, 0.2) is 11.6 Å². The van der Waals surface area contributed by atoms with E-state index < -0.39 is 0 Å². The molecule has 0 aromatic rings. The van der Waals surface area contributed by atoms with Crippen molar-refractivity contribution >= 4 is 6.29 Å². The van der Waals surface area contributed by atoms with Gasteiger partial charge in [-0.25, -0.2) is 0 Å². The molecule has 3 fully saturated rings. The summed E-state index contributed by atoms with van der Waals surface area (Å²) in [6.45, 7) is 12.7. The fourth-order valence-corrected chi connectivity index (χ4v) is 8.95. The van der Waals surface area contributed by atoms with Gasteiger partial charge in [0.05, 0.1) is 6.10 Å². The summed E-state index contributed by atoms with van der Waals surface area (Å²) in [5, 5.41) is 0. The Kier molecular flexibility index (Phi) is 7.07. The predicted octanol–water partition coefficient (Wildman–Crippen LogP) is 7.52. The van der Waals surface area contributed by atoms with E-state index in [2.05, 4.69) is 40.7 Å². The second kappa shape index (κ2) is 9.32. The second-order valence-electron chi connectivity index (χ2n) is 12.6. The van der Waals surface area contributed by atoms with E-state index in [0.29, 0.717) is 10.8 Å². The van der Waals surface area contributed by atoms with E-state index in [-0.39, 0.29) is 12.7 Å². The smallest absolute Gasteiger partial charge is 0.226 e. The molecule has 1 radical (unpaired) electrons. The molecule has 31 heavy (non-hydrogen) atoms. The summed E-state index contributed by atoms with van der Waals surface area (Å²) in [4.78, 5) is 10.6. The van der Waals surface area contributed by atoms with E-state index in [4.69, 9.17) is 4.74 Å². The molecule has 2 nitrogen and oxygen atoms in total. The van der Waals surface area contributed by atoms with Crippen LogP contribution in [0.25, 0.3) is 0 Å². The van der Waals surface area contributed by atoms with Crippen molar-refractivity contribution in [2.75, 3.05) is 6.61 Å². The van der Waals surface area contributed by atoms with Crippen LogP contribution in [0.4, 0.5) is 0 Å². The van der Waals surface area contributed by atoms with Crippen LogP contribution in [-0.4, -0.2) is 19.0 Å². The molecule has 4 aliphatic carbocycles. The lowest BCUT2D eigenvalue weighted by atomic mass is 9.47. The standard InChI is InChI=1S/C29H47O2/c1-20(2)7-6-8-21(3)25-11-12-26-24-10-9-22-19-23(31-18-17-30)13-15-28(22,4)27(24)14-16-29(25,26)5/h9,20-21,23-27H,6-8,10-16,18-19H2,1-5H3/t21-,23+,24+,25-,26+,27+,28+,29-/m1/s1. The Balaban J connectivity index is 1.45. The van der Waals surface area contributed by atoms with Gasteiger partial charge >= 0.3 is 0 Å². The zero-order valence-electron chi connectivity index (χ0n) is 20.9. The summed E-state index contributed by atoms with van der Waals surface area (Å²) >= 11 is 0. The number of hydrogen-bond acceptors (Lipinski definition) is 2. The van der Waals surface area contributed by atoms with Gasteiger partial charge in [-0.15, -0.1) is 0 Å². The van der Waals surface area contributed by atoms with Gasteiger partial charge in [0, 0.05) is 0 Å². The highest BCUT2D eigenvalue weighted by atomic mass is 16.5. The maximum Gasteiger partial charge on any atom is 0.226 e. The molecule has 4 aliphatic rings. The summed E-state index contributed by atoms with van der Waals surface area (Å²) in [5.74, 6) is 5.35. The Morgan fingerprint density at radius 2 is 1.87 bits per heavy atom. The number of fused-ring (bicyclic) bond motifs is 5. The molecule has 3 saturated carbocycles. The minimum absolute atomic E-state index is 0.137. The Hall–Kier alpha value is -0.630. The molecule has 0 aromatic carbocycles. The van der Waals surface area contributed by atoms with Crippen LogP contribution in [-0.2, 0) is 9.53 Å². The normalized spacial score (nSPS) is 43.0. The van der Waals surface area contributed by atoms with Gasteiger partial charge in [0.1, 0.15) is 6.61 Å². The molecule has 2 heteroatoms. The largest absolute Gasteiger partial charge is 0.370 e. The molecule has 0 aliphatic heterocycles. The highest BCUT2D eigenvalue weighted by Gasteiger charge is 2.59. The van der Waals surface area contributed by atoms with E-state index in [1.807, 2.05) is 6.29 Å². The average Bonchev–Trinajstić information content (AvgIpc) is 3.09. The van der Waals surface area contributed by atoms with Crippen LogP contribution in [0.5, 0.6) is 0 Å². The average molecular weight is 428 g/mol. The maximum absolute atomic E-state index is 10.6. The van der Waals surface area contributed by atoms with Crippen LogP contribution in [0.1, 0.15) is 105 Å². The van der Waals surface area contributed by atoms with Gasteiger partial charge < -0.3 is 4.74 Å². The maximum atomic E-state index is 10.6. The van der Waals surface area contributed by atoms with Gasteiger partial charge in [0.2, 0.25) is 6.29 Å². The van der Waals surface area contributed by atoms with Crippen molar-refractivity contribution in [3.8, 4) is 0 Å². The summed E-state index contributed by atoms with van der Waals surface area (Å²) in [5.41, 5.74) is 2.59. The number of rotatable bonds is 8. The van der Waals surface area contributed by atoms with E-state index >= 15 is 0 Å². The van der Waals surface area contributed by atoms with Gasteiger partial charge in [0.25, 0.3) is 0 Å². The van der Waals surface area contributed by atoms with Gasteiger partial charge in [0.15, 0.2) is 0 Å². The molecule has 0 saturated heterocycles. The van der Waals surface area contributed by atoms with Crippen LogP contribution in [0.3, 0.4) is 0 Å². The van der Waals surface area contributed by atoms with Crippen LogP contribution in [0.2, 0.25) is 0 Å². The van der Waals surface area contributed by atoms with Gasteiger partial charge in [-0.2, -0.15) is 0 Å². The first kappa shape index (κ1) is 23.5. The minimum atomic E-state index is 0.137. The molecule has 8 atom stereocenters. The van der Waals surface area contributed by atoms with Crippen molar-refractivity contribution in [1.29, 1.82) is 0 Å². The third-order valence-electron chi connectivity index (χ3n) is 10.6. The second-order valence-corrected chi connectivity index (χ2v) is 12.6. The molecule has 0 spiro atoms. The SMILES string of the molecule is CC(C)CCC[C@@H](C)[C@H]1CC[C@H]2[C@@H]3CC=C4C[C@@H](OC[C]=O)CC[C@]4(C)[C@H]3CC[C@]12C. The van der Waals surface area contributed by atoms with Crippen molar-refractivity contribution in [3.63, 3.8) is 0 Å².